The Balaban J connectivity index is 3.70. The fourth-order valence-electron chi connectivity index (χ4n) is 1.31. The number of likely N-dealkylation sites (N-methyl/N-ethyl adjacent to an activating group) is 1. The Morgan fingerprint density at radius 2 is 2.12 bits per heavy atom. The molecule has 0 aromatic heterocycles. The number of rotatable bonds is 10. The molecule has 2 N–H and O–H groups in total. The highest BCUT2D eigenvalue weighted by Crippen LogP contribution is 1.91. The normalized spacial score (nSPS) is 10.5. The average molecular weight is 246 g/mol. The van der Waals surface area contributed by atoms with Crippen LogP contribution in [-0.4, -0.2) is 61.8 Å². The van der Waals surface area contributed by atoms with Gasteiger partial charge in [0.15, 0.2) is 0 Å². The molecule has 0 saturated heterocycles. The standard InChI is InChI=1S/C11H22N2O4/c1-3-13(7-5-11(15)16)9-10(14)12-6-4-8-17-2/h3-9H2,1-2H3,(H,12,14)(H,15,16). The van der Waals surface area contributed by atoms with Crippen LogP contribution in [0.15, 0.2) is 0 Å². The first kappa shape index (κ1) is 15.9. The van der Waals surface area contributed by atoms with Crippen LogP contribution < -0.4 is 5.32 Å². The molecule has 0 aliphatic carbocycles. The maximum absolute atomic E-state index is 11.5. The van der Waals surface area contributed by atoms with Gasteiger partial charge in [0.05, 0.1) is 13.0 Å². The van der Waals surface area contributed by atoms with Crippen LogP contribution in [0.3, 0.4) is 0 Å². The van der Waals surface area contributed by atoms with E-state index in [1.165, 1.54) is 0 Å². The molecule has 0 radical (unpaired) electrons. The predicted molar refractivity (Wildman–Crippen MR) is 63.9 cm³/mol. The number of aliphatic carboxylic acids is 1. The Morgan fingerprint density at radius 3 is 2.65 bits per heavy atom. The zero-order valence-corrected chi connectivity index (χ0v) is 10.6. The van der Waals surface area contributed by atoms with E-state index < -0.39 is 5.97 Å². The Hall–Kier alpha value is -1.14. The first-order valence-electron chi connectivity index (χ1n) is 5.80. The number of nitrogens with one attached hydrogen (secondary N) is 1. The van der Waals surface area contributed by atoms with E-state index >= 15 is 0 Å². The fraction of sp³-hybridized carbons (Fsp3) is 0.818. The van der Waals surface area contributed by atoms with E-state index in [0.717, 1.165) is 6.42 Å². The molecule has 1 amide bonds. The molecular weight excluding hydrogens is 224 g/mol. The number of hydrogen-bond donors (Lipinski definition) is 2. The van der Waals surface area contributed by atoms with Crippen molar-refractivity contribution in [3.05, 3.63) is 0 Å². The first-order chi connectivity index (χ1) is 8.10. The van der Waals surface area contributed by atoms with Gasteiger partial charge in [0.2, 0.25) is 5.91 Å². The summed E-state index contributed by atoms with van der Waals surface area (Å²) >= 11 is 0. The lowest BCUT2D eigenvalue weighted by Gasteiger charge is -2.18. The van der Waals surface area contributed by atoms with Gasteiger partial charge in [0.1, 0.15) is 0 Å². The lowest BCUT2D eigenvalue weighted by Crippen LogP contribution is -2.38. The maximum atomic E-state index is 11.5. The van der Waals surface area contributed by atoms with Gasteiger partial charge in [-0.3, -0.25) is 14.5 Å². The summed E-state index contributed by atoms with van der Waals surface area (Å²) in [6.07, 6.45) is 0.842. The van der Waals surface area contributed by atoms with Crippen LogP contribution in [0, 0.1) is 0 Å². The third-order valence-electron chi connectivity index (χ3n) is 2.30. The summed E-state index contributed by atoms with van der Waals surface area (Å²) in [7, 11) is 1.62. The van der Waals surface area contributed by atoms with E-state index in [4.69, 9.17) is 9.84 Å². The van der Waals surface area contributed by atoms with Gasteiger partial charge in [-0.2, -0.15) is 0 Å². The second-order valence-electron chi connectivity index (χ2n) is 3.71. The summed E-state index contributed by atoms with van der Waals surface area (Å²) in [6.45, 7) is 4.42. The predicted octanol–water partition coefficient (Wildman–Crippen LogP) is -0.0643. The smallest absolute Gasteiger partial charge is 0.304 e. The van der Waals surface area contributed by atoms with E-state index in [0.29, 0.717) is 26.2 Å². The highest BCUT2D eigenvalue weighted by atomic mass is 16.5. The van der Waals surface area contributed by atoms with Crippen LogP contribution in [0.5, 0.6) is 0 Å². The number of hydrogen-bond acceptors (Lipinski definition) is 4. The van der Waals surface area contributed by atoms with Gasteiger partial charge in [-0.05, 0) is 13.0 Å². The van der Waals surface area contributed by atoms with Crippen LogP contribution >= 0.6 is 0 Å². The van der Waals surface area contributed by atoms with Gasteiger partial charge in [-0.25, -0.2) is 0 Å². The second kappa shape index (κ2) is 10.0. The van der Waals surface area contributed by atoms with E-state index in [2.05, 4.69) is 5.32 Å². The van der Waals surface area contributed by atoms with Crippen LogP contribution in [0.25, 0.3) is 0 Å². The van der Waals surface area contributed by atoms with Crippen LogP contribution in [0.2, 0.25) is 0 Å². The number of nitrogens with zero attached hydrogens (tertiary/aromatic N) is 1. The van der Waals surface area contributed by atoms with Crippen molar-refractivity contribution in [1.29, 1.82) is 0 Å². The SMILES string of the molecule is CCN(CCC(=O)O)CC(=O)NCCCOC. The quantitative estimate of drug-likeness (QED) is 0.528. The molecule has 6 heteroatoms. The molecular formula is C11H22N2O4. The lowest BCUT2D eigenvalue weighted by atomic mass is 10.3. The van der Waals surface area contributed by atoms with Crippen molar-refractivity contribution in [2.45, 2.75) is 19.8 Å². The molecule has 0 heterocycles. The zero-order chi connectivity index (χ0) is 13.1. The minimum atomic E-state index is -0.844. The summed E-state index contributed by atoms with van der Waals surface area (Å²) < 4.78 is 4.86. The largest absolute Gasteiger partial charge is 0.481 e. The summed E-state index contributed by atoms with van der Waals surface area (Å²) in [6, 6.07) is 0. The summed E-state index contributed by atoms with van der Waals surface area (Å²) in [5.74, 6) is -0.919. The van der Waals surface area contributed by atoms with Crippen LogP contribution in [0.1, 0.15) is 19.8 Å². The molecule has 0 unspecified atom stereocenters. The second-order valence-corrected chi connectivity index (χ2v) is 3.71. The monoisotopic (exact) mass is 246 g/mol. The minimum absolute atomic E-state index is 0.0603. The molecule has 17 heavy (non-hydrogen) atoms. The molecule has 6 nitrogen and oxygen atoms in total. The van der Waals surface area contributed by atoms with E-state index in [9.17, 15) is 9.59 Å². The molecule has 0 rings (SSSR count). The fourth-order valence-corrected chi connectivity index (χ4v) is 1.31. The van der Waals surface area contributed by atoms with E-state index in [-0.39, 0.29) is 18.9 Å². The molecule has 0 fully saturated rings. The van der Waals surface area contributed by atoms with Gasteiger partial charge in [0.25, 0.3) is 0 Å². The van der Waals surface area contributed by atoms with Crippen molar-refractivity contribution in [3.8, 4) is 0 Å². The van der Waals surface area contributed by atoms with Crippen molar-refractivity contribution in [3.63, 3.8) is 0 Å². The van der Waals surface area contributed by atoms with Gasteiger partial charge in [0, 0.05) is 26.8 Å². The van der Waals surface area contributed by atoms with Gasteiger partial charge in [-0.1, -0.05) is 6.92 Å². The molecule has 0 spiro atoms. The topological polar surface area (TPSA) is 78.9 Å². The average Bonchev–Trinajstić information content (AvgIpc) is 2.30. The highest BCUT2D eigenvalue weighted by molar-refractivity contribution is 5.78. The van der Waals surface area contributed by atoms with E-state index in [1.807, 2.05) is 6.92 Å². The summed E-state index contributed by atoms with van der Waals surface area (Å²) in [5.41, 5.74) is 0. The number of ether oxygens (including phenoxy) is 1. The van der Waals surface area contributed by atoms with Crippen molar-refractivity contribution >= 4 is 11.9 Å². The number of carbonyl (C=O) groups excluding carboxylic acids is 1. The van der Waals surface area contributed by atoms with Gasteiger partial charge >= 0.3 is 5.97 Å². The Kier molecular flexibility index (Phi) is 9.37. The Morgan fingerprint density at radius 1 is 1.41 bits per heavy atom. The van der Waals surface area contributed by atoms with Gasteiger partial charge < -0.3 is 15.2 Å². The molecule has 0 bridgehead atoms. The molecule has 0 aliphatic rings. The number of carboxylic acids is 1. The Bertz CT molecular complexity index is 234. The number of carboxylic acid groups (broad SMARTS) is 1. The van der Waals surface area contributed by atoms with Crippen molar-refractivity contribution in [2.24, 2.45) is 0 Å². The van der Waals surface area contributed by atoms with Crippen LogP contribution in [-0.2, 0) is 14.3 Å². The summed E-state index contributed by atoms with van der Waals surface area (Å²) in [4.78, 5) is 23.7. The molecule has 100 valence electrons. The third kappa shape index (κ3) is 9.77. The summed E-state index contributed by atoms with van der Waals surface area (Å²) in [5, 5.41) is 11.3. The Labute approximate surface area is 102 Å². The van der Waals surface area contributed by atoms with E-state index in [1.54, 1.807) is 12.0 Å². The molecule has 0 saturated carbocycles. The molecule has 0 aromatic rings. The third-order valence-corrected chi connectivity index (χ3v) is 2.30. The lowest BCUT2D eigenvalue weighted by molar-refractivity contribution is -0.137. The van der Waals surface area contributed by atoms with Crippen molar-refractivity contribution < 1.29 is 19.4 Å². The van der Waals surface area contributed by atoms with Crippen LogP contribution in [0.4, 0.5) is 0 Å². The maximum Gasteiger partial charge on any atom is 0.304 e. The minimum Gasteiger partial charge on any atom is -0.481 e. The number of methoxy groups -OCH3 is 1. The van der Waals surface area contributed by atoms with Crippen molar-refractivity contribution in [1.82, 2.24) is 10.2 Å². The molecule has 0 aliphatic heterocycles. The molecule has 0 aromatic carbocycles. The highest BCUT2D eigenvalue weighted by Gasteiger charge is 2.09. The number of amides is 1. The number of carbonyl (C=O) groups is 2. The zero-order valence-electron chi connectivity index (χ0n) is 10.6. The first-order valence-corrected chi connectivity index (χ1v) is 5.80. The van der Waals surface area contributed by atoms with Crippen molar-refractivity contribution in [2.75, 3.05) is 39.9 Å². The van der Waals surface area contributed by atoms with Gasteiger partial charge in [-0.15, -0.1) is 0 Å². The molecule has 0 atom stereocenters.